The van der Waals surface area contributed by atoms with Gasteiger partial charge in [0.25, 0.3) is 0 Å². The summed E-state index contributed by atoms with van der Waals surface area (Å²) in [6.45, 7) is 5.37. The second-order valence-corrected chi connectivity index (χ2v) is 5.02. The summed E-state index contributed by atoms with van der Waals surface area (Å²) >= 11 is 0. The zero-order valence-corrected chi connectivity index (χ0v) is 12.7. The van der Waals surface area contributed by atoms with Gasteiger partial charge in [-0.25, -0.2) is 0 Å². The summed E-state index contributed by atoms with van der Waals surface area (Å²) in [6.07, 6.45) is 1.12. The van der Waals surface area contributed by atoms with E-state index in [4.69, 9.17) is 10.5 Å². The maximum absolute atomic E-state index is 5.79. The maximum atomic E-state index is 5.79. The van der Waals surface area contributed by atoms with Crippen molar-refractivity contribution in [2.45, 2.75) is 19.9 Å². The molecule has 0 aliphatic heterocycles. The summed E-state index contributed by atoms with van der Waals surface area (Å²) < 4.78 is 5.79. The van der Waals surface area contributed by atoms with Crippen molar-refractivity contribution in [2.24, 2.45) is 5.73 Å². The topological polar surface area (TPSA) is 38.5 Å². The Morgan fingerprint density at radius 1 is 0.952 bits per heavy atom. The van der Waals surface area contributed by atoms with Crippen LogP contribution in [0.25, 0.3) is 0 Å². The molecule has 0 amide bonds. The Labute approximate surface area is 127 Å². The fraction of sp³-hybridized carbons (Fsp3) is 0.333. The highest BCUT2D eigenvalue weighted by Crippen LogP contribution is 2.16. The first-order valence-corrected chi connectivity index (χ1v) is 7.55. The van der Waals surface area contributed by atoms with Gasteiger partial charge in [-0.1, -0.05) is 37.3 Å². The Kier molecular flexibility index (Phi) is 6.10. The van der Waals surface area contributed by atoms with E-state index in [9.17, 15) is 0 Å². The molecule has 0 atom stereocenters. The van der Waals surface area contributed by atoms with Crippen LogP contribution in [0.2, 0.25) is 0 Å². The molecular formula is C18H24N2O. The van der Waals surface area contributed by atoms with Crippen LogP contribution in [0.1, 0.15) is 18.9 Å². The van der Waals surface area contributed by atoms with Crippen molar-refractivity contribution in [1.82, 2.24) is 0 Å². The molecular weight excluding hydrogens is 260 g/mol. The van der Waals surface area contributed by atoms with Crippen LogP contribution in [0.4, 0.5) is 5.69 Å². The van der Waals surface area contributed by atoms with E-state index in [0.29, 0.717) is 13.2 Å². The summed E-state index contributed by atoms with van der Waals surface area (Å²) in [5.41, 5.74) is 8.04. The molecule has 3 heteroatoms. The van der Waals surface area contributed by atoms with Crippen LogP contribution >= 0.6 is 0 Å². The minimum atomic E-state index is 0.588. The number of nitrogens with zero attached hydrogens (tertiary/aromatic N) is 1. The molecule has 21 heavy (non-hydrogen) atoms. The average Bonchev–Trinajstić information content (AvgIpc) is 2.55. The van der Waals surface area contributed by atoms with E-state index in [2.05, 4.69) is 36.1 Å². The first-order chi connectivity index (χ1) is 10.3. The largest absolute Gasteiger partial charge is 0.492 e. The van der Waals surface area contributed by atoms with Gasteiger partial charge in [0.2, 0.25) is 0 Å². The van der Waals surface area contributed by atoms with Crippen molar-refractivity contribution in [1.29, 1.82) is 0 Å². The molecule has 0 unspecified atom stereocenters. The predicted octanol–water partition coefficient (Wildman–Crippen LogP) is 3.44. The van der Waals surface area contributed by atoms with E-state index < -0.39 is 0 Å². The van der Waals surface area contributed by atoms with Gasteiger partial charge in [-0.3, -0.25) is 0 Å². The minimum Gasteiger partial charge on any atom is -0.492 e. The number of ether oxygens (including phenoxy) is 1. The Morgan fingerprint density at radius 2 is 1.67 bits per heavy atom. The van der Waals surface area contributed by atoms with E-state index in [1.165, 1.54) is 5.69 Å². The zero-order chi connectivity index (χ0) is 14.9. The molecule has 2 aromatic carbocycles. The van der Waals surface area contributed by atoms with Crippen LogP contribution < -0.4 is 15.4 Å². The Morgan fingerprint density at radius 3 is 2.29 bits per heavy atom. The lowest BCUT2D eigenvalue weighted by molar-refractivity contribution is 0.323. The summed E-state index contributed by atoms with van der Waals surface area (Å²) in [6, 6.07) is 18.4. The van der Waals surface area contributed by atoms with Gasteiger partial charge in [-0.05, 0) is 36.2 Å². The van der Waals surface area contributed by atoms with E-state index in [0.717, 1.165) is 30.8 Å². The minimum absolute atomic E-state index is 0.588. The van der Waals surface area contributed by atoms with Crippen LogP contribution in [0, 0.1) is 0 Å². The van der Waals surface area contributed by atoms with Crippen LogP contribution in [-0.2, 0) is 6.54 Å². The molecule has 0 spiro atoms. The second kappa shape index (κ2) is 8.32. The maximum Gasteiger partial charge on any atom is 0.119 e. The van der Waals surface area contributed by atoms with Crippen molar-refractivity contribution >= 4 is 5.69 Å². The number of benzene rings is 2. The molecule has 3 nitrogen and oxygen atoms in total. The number of rotatable bonds is 8. The Hall–Kier alpha value is -2.00. The van der Waals surface area contributed by atoms with Gasteiger partial charge in [0, 0.05) is 18.8 Å². The van der Waals surface area contributed by atoms with E-state index in [1.807, 2.05) is 30.3 Å². The van der Waals surface area contributed by atoms with Crippen molar-refractivity contribution in [2.75, 3.05) is 24.6 Å². The van der Waals surface area contributed by atoms with Crippen LogP contribution in [0.3, 0.4) is 0 Å². The highest BCUT2D eigenvalue weighted by atomic mass is 16.5. The predicted molar refractivity (Wildman–Crippen MR) is 88.8 cm³/mol. The lowest BCUT2D eigenvalue weighted by Crippen LogP contribution is -2.29. The molecule has 2 rings (SSSR count). The van der Waals surface area contributed by atoms with Crippen LogP contribution in [-0.4, -0.2) is 19.7 Å². The lowest BCUT2D eigenvalue weighted by atomic mass is 10.2. The summed E-state index contributed by atoms with van der Waals surface area (Å²) in [7, 11) is 0. The summed E-state index contributed by atoms with van der Waals surface area (Å²) in [5.74, 6) is 0.924. The third-order valence-electron chi connectivity index (χ3n) is 3.40. The normalized spacial score (nSPS) is 10.4. The van der Waals surface area contributed by atoms with Crippen molar-refractivity contribution in [3.8, 4) is 5.75 Å². The number of nitrogens with two attached hydrogens (primary N) is 1. The molecule has 0 heterocycles. The van der Waals surface area contributed by atoms with Crippen LogP contribution in [0.15, 0.2) is 54.6 Å². The van der Waals surface area contributed by atoms with E-state index in [1.54, 1.807) is 0 Å². The Balaban J connectivity index is 1.91. The average molecular weight is 284 g/mol. The molecule has 0 saturated carbocycles. The standard InChI is InChI=1S/C18H24N2O/c1-2-12-20(17-10-8-16(15-19)9-11-17)13-14-21-18-6-4-3-5-7-18/h3-11H,2,12-15,19H2,1H3. The fourth-order valence-corrected chi connectivity index (χ4v) is 2.27. The molecule has 0 aliphatic carbocycles. The monoisotopic (exact) mass is 284 g/mol. The zero-order valence-electron chi connectivity index (χ0n) is 12.7. The third kappa shape index (κ3) is 4.80. The molecule has 2 N–H and O–H groups in total. The molecule has 0 fully saturated rings. The molecule has 112 valence electrons. The number of hydrogen-bond acceptors (Lipinski definition) is 3. The highest BCUT2D eigenvalue weighted by molar-refractivity contribution is 5.47. The third-order valence-corrected chi connectivity index (χ3v) is 3.40. The van der Waals surface area contributed by atoms with Crippen molar-refractivity contribution in [3.63, 3.8) is 0 Å². The first kappa shape index (κ1) is 15.4. The van der Waals surface area contributed by atoms with Gasteiger partial charge in [-0.15, -0.1) is 0 Å². The first-order valence-electron chi connectivity index (χ1n) is 7.55. The summed E-state index contributed by atoms with van der Waals surface area (Å²) in [5, 5.41) is 0. The van der Waals surface area contributed by atoms with Crippen molar-refractivity contribution < 1.29 is 4.74 Å². The SMILES string of the molecule is CCCN(CCOc1ccccc1)c1ccc(CN)cc1. The van der Waals surface area contributed by atoms with E-state index >= 15 is 0 Å². The lowest BCUT2D eigenvalue weighted by Gasteiger charge is -2.24. The number of anilines is 1. The van der Waals surface area contributed by atoms with Gasteiger partial charge in [0.15, 0.2) is 0 Å². The van der Waals surface area contributed by atoms with Gasteiger partial charge < -0.3 is 15.4 Å². The van der Waals surface area contributed by atoms with Gasteiger partial charge in [-0.2, -0.15) is 0 Å². The Bertz CT molecular complexity index is 511. The summed E-state index contributed by atoms with van der Waals surface area (Å²) in [4.78, 5) is 2.35. The molecule has 0 bridgehead atoms. The van der Waals surface area contributed by atoms with Gasteiger partial charge in [0.05, 0.1) is 6.54 Å². The molecule has 0 aliphatic rings. The smallest absolute Gasteiger partial charge is 0.119 e. The number of hydrogen-bond donors (Lipinski definition) is 1. The number of para-hydroxylation sites is 1. The van der Waals surface area contributed by atoms with Crippen molar-refractivity contribution in [3.05, 3.63) is 60.2 Å². The fourth-order valence-electron chi connectivity index (χ4n) is 2.27. The quantitative estimate of drug-likeness (QED) is 0.807. The van der Waals surface area contributed by atoms with E-state index in [-0.39, 0.29) is 0 Å². The van der Waals surface area contributed by atoms with Gasteiger partial charge in [0.1, 0.15) is 12.4 Å². The molecule has 0 radical (unpaired) electrons. The highest BCUT2D eigenvalue weighted by Gasteiger charge is 2.05. The molecule has 0 aromatic heterocycles. The molecule has 0 saturated heterocycles. The molecule has 2 aromatic rings. The second-order valence-electron chi connectivity index (χ2n) is 5.02. The van der Waals surface area contributed by atoms with Crippen LogP contribution in [0.5, 0.6) is 5.75 Å². The van der Waals surface area contributed by atoms with Gasteiger partial charge >= 0.3 is 0 Å².